The highest BCUT2D eigenvalue weighted by Crippen LogP contribution is 2.04. The van der Waals surface area contributed by atoms with Crippen molar-refractivity contribution in [2.75, 3.05) is 58.9 Å². The van der Waals surface area contributed by atoms with Gasteiger partial charge in [0.25, 0.3) is 0 Å². The van der Waals surface area contributed by atoms with Gasteiger partial charge in [0.15, 0.2) is 0 Å². The molecule has 0 bridgehead atoms. The Balaban J connectivity index is 3.63. The minimum absolute atomic E-state index is 0.280. The van der Waals surface area contributed by atoms with Gasteiger partial charge in [-0.2, -0.15) is 0 Å². The third kappa shape index (κ3) is 13.2. The monoisotopic (exact) mass is 303 g/mol. The van der Waals surface area contributed by atoms with E-state index in [1.54, 1.807) is 0 Å². The lowest BCUT2D eigenvalue weighted by Crippen LogP contribution is -2.36. The van der Waals surface area contributed by atoms with Crippen molar-refractivity contribution in [1.29, 1.82) is 0 Å². The molecule has 0 spiro atoms. The zero-order valence-corrected chi connectivity index (χ0v) is 13.8. The number of rotatable bonds is 15. The largest absolute Gasteiger partial charge is 0.392 e. The molecule has 6 nitrogen and oxygen atoms in total. The van der Waals surface area contributed by atoms with Gasteiger partial charge < -0.3 is 27.2 Å². The molecule has 1 atom stereocenters. The van der Waals surface area contributed by atoms with Crippen LogP contribution in [0, 0.1) is 0 Å². The molecule has 0 aromatic rings. The molecule has 0 heterocycles. The van der Waals surface area contributed by atoms with Gasteiger partial charge in [-0.05, 0) is 32.9 Å². The highest BCUT2D eigenvalue weighted by molar-refractivity contribution is 4.63. The van der Waals surface area contributed by atoms with E-state index in [-0.39, 0.29) is 6.10 Å². The second-order valence-electron chi connectivity index (χ2n) is 5.77. The van der Waals surface area contributed by atoms with Crippen molar-refractivity contribution in [3.05, 3.63) is 0 Å². The summed E-state index contributed by atoms with van der Waals surface area (Å²) in [5.41, 5.74) is 16.8. The summed E-state index contributed by atoms with van der Waals surface area (Å²) in [5, 5.41) is 9.44. The Hall–Kier alpha value is -0.240. The summed E-state index contributed by atoms with van der Waals surface area (Å²) < 4.78 is 0. The van der Waals surface area contributed by atoms with Gasteiger partial charge in [0.2, 0.25) is 0 Å². The first-order chi connectivity index (χ1) is 10.1. The van der Waals surface area contributed by atoms with E-state index in [0.29, 0.717) is 19.6 Å². The molecule has 0 amide bonds. The van der Waals surface area contributed by atoms with Crippen LogP contribution < -0.4 is 17.2 Å². The summed E-state index contributed by atoms with van der Waals surface area (Å²) in [6, 6.07) is 0. The van der Waals surface area contributed by atoms with E-state index in [1.807, 2.05) is 6.92 Å². The second kappa shape index (κ2) is 14.7. The van der Waals surface area contributed by atoms with Crippen molar-refractivity contribution in [2.24, 2.45) is 17.2 Å². The Kier molecular flexibility index (Phi) is 14.5. The van der Waals surface area contributed by atoms with E-state index in [9.17, 15) is 5.11 Å². The zero-order chi connectivity index (χ0) is 15.9. The van der Waals surface area contributed by atoms with Crippen LogP contribution in [0.5, 0.6) is 0 Å². The van der Waals surface area contributed by atoms with Crippen LogP contribution in [0.25, 0.3) is 0 Å². The standard InChI is InChI=1S/C15H37N5O/c1-15(21)14-20(13-8-18)10-5-3-2-4-9-19(11-6-16)12-7-17/h15,21H,2-14,16-18H2,1H3. The van der Waals surface area contributed by atoms with Gasteiger partial charge in [-0.25, -0.2) is 0 Å². The van der Waals surface area contributed by atoms with Crippen molar-refractivity contribution >= 4 is 0 Å². The third-order valence-corrected chi connectivity index (χ3v) is 3.56. The van der Waals surface area contributed by atoms with E-state index >= 15 is 0 Å². The van der Waals surface area contributed by atoms with Crippen LogP contribution in [0.15, 0.2) is 0 Å². The lowest BCUT2D eigenvalue weighted by molar-refractivity contribution is 0.127. The third-order valence-electron chi connectivity index (χ3n) is 3.56. The van der Waals surface area contributed by atoms with E-state index in [2.05, 4.69) is 9.80 Å². The van der Waals surface area contributed by atoms with Crippen LogP contribution in [0.1, 0.15) is 32.6 Å². The molecule has 128 valence electrons. The lowest BCUT2D eigenvalue weighted by atomic mass is 10.1. The van der Waals surface area contributed by atoms with Crippen molar-refractivity contribution in [3.63, 3.8) is 0 Å². The summed E-state index contributed by atoms with van der Waals surface area (Å²) in [6.07, 6.45) is 4.54. The predicted molar refractivity (Wildman–Crippen MR) is 90.2 cm³/mol. The van der Waals surface area contributed by atoms with E-state index in [0.717, 1.165) is 39.3 Å². The van der Waals surface area contributed by atoms with Crippen LogP contribution in [0.3, 0.4) is 0 Å². The fourth-order valence-corrected chi connectivity index (χ4v) is 2.58. The van der Waals surface area contributed by atoms with E-state index < -0.39 is 0 Å². The highest BCUT2D eigenvalue weighted by atomic mass is 16.3. The average molecular weight is 303 g/mol. The van der Waals surface area contributed by atoms with Crippen LogP contribution in [0.2, 0.25) is 0 Å². The first-order valence-electron chi connectivity index (χ1n) is 8.37. The number of nitrogens with zero attached hydrogens (tertiary/aromatic N) is 2. The summed E-state index contributed by atoms with van der Waals surface area (Å²) in [5.74, 6) is 0. The van der Waals surface area contributed by atoms with Crippen LogP contribution in [-0.4, -0.2) is 79.9 Å². The maximum Gasteiger partial charge on any atom is 0.0639 e. The molecule has 6 heteroatoms. The predicted octanol–water partition coefficient (Wildman–Crippen LogP) is -0.592. The average Bonchev–Trinajstić information content (AvgIpc) is 2.42. The van der Waals surface area contributed by atoms with E-state index in [1.165, 1.54) is 25.7 Å². The highest BCUT2D eigenvalue weighted by Gasteiger charge is 2.07. The van der Waals surface area contributed by atoms with Gasteiger partial charge in [-0.3, -0.25) is 4.90 Å². The lowest BCUT2D eigenvalue weighted by Gasteiger charge is -2.23. The number of nitrogens with two attached hydrogens (primary N) is 3. The molecule has 0 aliphatic carbocycles. The Bertz CT molecular complexity index is 210. The van der Waals surface area contributed by atoms with Gasteiger partial charge in [-0.15, -0.1) is 0 Å². The maximum atomic E-state index is 9.44. The molecule has 0 aromatic heterocycles. The summed E-state index contributed by atoms with van der Waals surface area (Å²) in [7, 11) is 0. The van der Waals surface area contributed by atoms with Gasteiger partial charge in [0.05, 0.1) is 6.10 Å². The normalized spacial score (nSPS) is 13.3. The number of hydrogen-bond acceptors (Lipinski definition) is 6. The number of unbranched alkanes of at least 4 members (excludes halogenated alkanes) is 3. The molecule has 0 radical (unpaired) electrons. The summed E-state index contributed by atoms with van der Waals surface area (Å²) in [4.78, 5) is 4.59. The molecule has 0 rings (SSSR count). The molecule has 0 aliphatic heterocycles. The van der Waals surface area contributed by atoms with Crippen molar-refractivity contribution < 1.29 is 5.11 Å². The van der Waals surface area contributed by atoms with Crippen LogP contribution >= 0.6 is 0 Å². The topological polar surface area (TPSA) is 105 Å². The number of aliphatic hydroxyl groups excluding tert-OH is 1. The molecular formula is C15H37N5O. The first kappa shape index (κ1) is 20.8. The Morgan fingerprint density at radius 2 is 1.14 bits per heavy atom. The summed E-state index contributed by atoms with van der Waals surface area (Å²) in [6.45, 7) is 9.47. The van der Waals surface area contributed by atoms with Crippen molar-refractivity contribution in [1.82, 2.24) is 9.80 Å². The molecule has 0 saturated carbocycles. The molecule has 21 heavy (non-hydrogen) atoms. The van der Waals surface area contributed by atoms with E-state index in [4.69, 9.17) is 17.2 Å². The van der Waals surface area contributed by atoms with Gasteiger partial charge in [0.1, 0.15) is 0 Å². The van der Waals surface area contributed by atoms with Gasteiger partial charge >= 0.3 is 0 Å². The van der Waals surface area contributed by atoms with Crippen molar-refractivity contribution in [2.45, 2.75) is 38.7 Å². The fourth-order valence-electron chi connectivity index (χ4n) is 2.58. The maximum absolute atomic E-state index is 9.44. The molecule has 0 aliphatic rings. The Morgan fingerprint density at radius 1 is 0.714 bits per heavy atom. The minimum atomic E-state index is -0.280. The number of aliphatic hydroxyl groups is 1. The Morgan fingerprint density at radius 3 is 1.57 bits per heavy atom. The van der Waals surface area contributed by atoms with Crippen molar-refractivity contribution in [3.8, 4) is 0 Å². The second-order valence-corrected chi connectivity index (χ2v) is 5.77. The quantitative estimate of drug-likeness (QED) is 0.301. The fraction of sp³-hybridized carbons (Fsp3) is 1.00. The van der Waals surface area contributed by atoms with Gasteiger partial charge in [-0.1, -0.05) is 12.8 Å². The van der Waals surface area contributed by atoms with Crippen LogP contribution in [-0.2, 0) is 0 Å². The van der Waals surface area contributed by atoms with Gasteiger partial charge in [0, 0.05) is 45.8 Å². The van der Waals surface area contributed by atoms with Crippen LogP contribution in [0.4, 0.5) is 0 Å². The molecule has 0 fully saturated rings. The first-order valence-corrected chi connectivity index (χ1v) is 8.37. The smallest absolute Gasteiger partial charge is 0.0639 e. The molecule has 1 unspecified atom stereocenters. The molecule has 0 saturated heterocycles. The SMILES string of the molecule is CC(O)CN(CCN)CCCCCCN(CCN)CCN. The Labute approximate surface area is 130 Å². The molecule has 7 N–H and O–H groups in total. The molecular weight excluding hydrogens is 266 g/mol. The molecule has 0 aromatic carbocycles. The number of hydrogen-bond donors (Lipinski definition) is 4. The minimum Gasteiger partial charge on any atom is -0.392 e. The zero-order valence-electron chi connectivity index (χ0n) is 13.8. The summed E-state index contributed by atoms with van der Waals surface area (Å²) >= 11 is 0.